The van der Waals surface area contributed by atoms with Crippen molar-refractivity contribution in [3.8, 4) is 34.6 Å². The van der Waals surface area contributed by atoms with E-state index in [9.17, 15) is 19.4 Å². The van der Waals surface area contributed by atoms with Gasteiger partial charge >= 0.3 is 5.97 Å². The average Bonchev–Trinajstić information content (AvgIpc) is 3.56. The van der Waals surface area contributed by atoms with Crippen molar-refractivity contribution < 1.29 is 38.0 Å². The average molecular weight is 539 g/mol. The number of rotatable bonds is 9. The van der Waals surface area contributed by atoms with Crippen molar-refractivity contribution in [3.05, 3.63) is 65.4 Å². The number of aliphatic carboxylic acids is 1. The number of nitrogens with zero attached hydrogens (tertiary/aromatic N) is 3. The quantitative estimate of drug-likeness (QED) is 0.235. The first-order valence-corrected chi connectivity index (χ1v) is 11.8. The van der Waals surface area contributed by atoms with E-state index in [-0.39, 0.29) is 34.4 Å². The topological polar surface area (TPSA) is 164 Å². The number of nitrogens with one attached hydrogen (secondary N) is 1. The summed E-state index contributed by atoms with van der Waals surface area (Å²) in [7, 11) is 1.78. The Labute approximate surface area is 220 Å². The highest BCUT2D eigenvalue weighted by Gasteiger charge is 2.53. The number of hydrogen-bond acceptors (Lipinski definition) is 9. The first-order valence-electron chi connectivity index (χ1n) is 11.8. The van der Waals surface area contributed by atoms with E-state index in [1.807, 2.05) is 4.90 Å². The smallest absolute Gasteiger partial charge is 0.348 e. The van der Waals surface area contributed by atoms with Gasteiger partial charge in [-0.15, -0.1) is 0 Å². The number of benzene rings is 2. The van der Waals surface area contributed by atoms with Gasteiger partial charge in [-0.05, 0) is 36.4 Å². The molecule has 1 aliphatic carbocycles. The highest BCUT2D eigenvalue weighted by atomic mass is 19.1. The molecule has 0 atom stereocenters. The maximum absolute atomic E-state index is 15.4. The van der Waals surface area contributed by atoms with E-state index in [4.69, 9.17) is 25.4 Å². The zero-order valence-corrected chi connectivity index (χ0v) is 20.6. The molecule has 11 nitrogen and oxygen atoms in total. The normalized spacial score (nSPS) is 15.5. The van der Waals surface area contributed by atoms with Crippen LogP contribution < -0.4 is 19.9 Å². The summed E-state index contributed by atoms with van der Waals surface area (Å²) in [6, 6.07) is 8.13. The Morgan fingerprint density at radius 3 is 2.56 bits per heavy atom. The molecule has 0 radical (unpaired) electrons. The van der Waals surface area contributed by atoms with Gasteiger partial charge in [0.1, 0.15) is 23.2 Å². The SMILES string of the molecule is CN1CCN=C1c1cc(OC2(C(=O)O)CC2)ccc1Oc1c(F)cnc(Oc2cc(C(=N)N)ccc2O)c1F. The van der Waals surface area contributed by atoms with Crippen molar-refractivity contribution in [2.45, 2.75) is 18.4 Å². The Morgan fingerprint density at radius 1 is 1.15 bits per heavy atom. The van der Waals surface area contributed by atoms with Crippen molar-refractivity contribution >= 4 is 17.6 Å². The van der Waals surface area contributed by atoms with E-state index in [1.54, 1.807) is 7.05 Å². The summed E-state index contributed by atoms with van der Waals surface area (Å²) in [4.78, 5) is 21.5. The molecule has 0 saturated heterocycles. The number of phenols is 1. The van der Waals surface area contributed by atoms with Gasteiger partial charge in [-0.2, -0.15) is 4.39 Å². The molecule has 1 saturated carbocycles. The molecule has 0 bridgehead atoms. The summed E-state index contributed by atoms with van der Waals surface area (Å²) in [6.45, 7) is 1.08. The number of aromatic nitrogens is 1. The maximum atomic E-state index is 15.4. The number of carbonyl (C=O) groups is 1. The largest absolute Gasteiger partial charge is 0.504 e. The number of phenolic OH excluding ortho intramolecular Hbond substituents is 1. The molecule has 0 unspecified atom stereocenters. The Bertz CT molecular complexity index is 1520. The zero-order chi connectivity index (χ0) is 27.9. The standard InChI is InChI=1S/C26H23F2N5O6/c1-33-9-8-31-23(33)15-11-14(39-26(6-7-26)25(35)36)3-5-18(15)37-21-16(27)12-32-24(20(21)28)38-19-10-13(22(29)30)2-4-17(19)34/h2-5,10-12,34H,6-9H2,1H3,(H3,29,30)(H,35,36). The minimum absolute atomic E-state index is 0.0198. The molecular weight excluding hydrogens is 516 g/mol. The fourth-order valence-electron chi connectivity index (χ4n) is 3.93. The number of ether oxygens (including phenoxy) is 3. The highest BCUT2D eigenvalue weighted by molar-refractivity contribution is 6.02. The van der Waals surface area contributed by atoms with Gasteiger partial charge in [0.2, 0.25) is 17.2 Å². The van der Waals surface area contributed by atoms with Crippen LogP contribution in [0, 0.1) is 17.0 Å². The second-order valence-corrected chi connectivity index (χ2v) is 9.04. The second kappa shape index (κ2) is 9.74. The lowest BCUT2D eigenvalue weighted by Crippen LogP contribution is -2.29. The summed E-state index contributed by atoms with van der Waals surface area (Å²) < 4.78 is 47.0. The minimum Gasteiger partial charge on any atom is -0.504 e. The zero-order valence-electron chi connectivity index (χ0n) is 20.6. The summed E-state index contributed by atoms with van der Waals surface area (Å²) in [5.74, 6) is -5.26. The molecule has 2 heterocycles. The van der Waals surface area contributed by atoms with Crippen molar-refractivity contribution in [1.29, 1.82) is 5.41 Å². The Hall–Kier alpha value is -4.94. The Balaban J connectivity index is 1.50. The molecule has 39 heavy (non-hydrogen) atoms. The molecule has 3 aromatic rings. The van der Waals surface area contributed by atoms with Gasteiger partial charge in [-0.3, -0.25) is 10.4 Å². The number of likely N-dealkylation sites (N-methyl/N-ethyl adjacent to an activating group) is 1. The first kappa shape index (κ1) is 25.7. The van der Waals surface area contributed by atoms with Crippen molar-refractivity contribution in [2.24, 2.45) is 10.7 Å². The number of aromatic hydroxyl groups is 1. The van der Waals surface area contributed by atoms with E-state index in [2.05, 4.69) is 9.98 Å². The van der Waals surface area contributed by atoms with E-state index >= 15 is 4.39 Å². The van der Waals surface area contributed by atoms with Crippen LogP contribution in [0.15, 0.2) is 47.6 Å². The van der Waals surface area contributed by atoms with Crippen LogP contribution in [0.5, 0.6) is 34.6 Å². The van der Waals surface area contributed by atoms with Gasteiger partial charge < -0.3 is 35.1 Å². The fourth-order valence-corrected chi connectivity index (χ4v) is 3.93. The number of halogens is 2. The molecule has 13 heteroatoms. The van der Waals surface area contributed by atoms with Crippen LogP contribution in [0.3, 0.4) is 0 Å². The van der Waals surface area contributed by atoms with Gasteiger partial charge in [-0.1, -0.05) is 0 Å². The third-order valence-electron chi connectivity index (χ3n) is 6.25. The number of amidine groups is 2. The number of nitrogens with two attached hydrogens (primary N) is 1. The lowest BCUT2D eigenvalue weighted by atomic mass is 10.1. The highest BCUT2D eigenvalue weighted by Crippen LogP contribution is 2.43. The first-order chi connectivity index (χ1) is 18.6. The molecule has 1 aromatic heterocycles. The summed E-state index contributed by atoms with van der Waals surface area (Å²) >= 11 is 0. The predicted octanol–water partition coefficient (Wildman–Crippen LogP) is 3.62. The van der Waals surface area contributed by atoms with Crippen LogP contribution >= 0.6 is 0 Å². The third kappa shape index (κ3) is 4.98. The lowest BCUT2D eigenvalue weighted by molar-refractivity contribution is -0.147. The maximum Gasteiger partial charge on any atom is 0.348 e. The number of aliphatic imine (C=N–C) groups is 1. The Morgan fingerprint density at radius 2 is 1.92 bits per heavy atom. The molecule has 2 aliphatic rings. The fraction of sp³-hybridized carbons (Fsp3) is 0.231. The monoisotopic (exact) mass is 539 g/mol. The molecule has 5 rings (SSSR count). The van der Waals surface area contributed by atoms with Crippen LogP contribution in [0.1, 0.15) is 24.0 Å². The number of carboxylic acids is 1. The molecule has 0 spiro atoms. The number of pyridine rings is 1. The van der Waals surface area contributed by atoms with Crippen LogP contribution in [0.2, 0.25) is 0 Å². The lowest BCUT2D eigenvalue weighted by Gasteiger charge is -2.20. The van der Waals surface area contributed by atoms with Gasteiger partial charge in [0.25, 0.3) is 5.88 Å². The molecule has 202 valence electrons. The van der Waals surface area contributed by atoms with Crippen molar-refractivity contribution in [2.75, 3.05) is 20.1 Å². The van der Waals surface area contributed by atoms with Gasteiger partial charge in [-0.25, -0.2) is 14.2 Å². The van der Waals surface area contributed by atoms with Gasteiger partial charge in [0.05, 0.1) is 18.3 Å². The summed E-state index contributed by atoms with van der Waals surface area (Å²) in [5, 5.41) is 27.1. The van der Waals surface area contributed by atoms with Crippen LogP contribution in [0.25, 0.3) is 0 Å². The van der Waals surface area contributed by atoms with Crippen molar-refractivity contribution in [3.63, 3.8) is 0 Å². The molecule has 5 N–H and O–H groups in total. The van der Waals surface area contributed by atoms with E-state index in [0.29, 0.717) is 43.5 Å². The molecule has 0 amide bonds. The van der Waals surface area contributed by atoms with Crippen LogP contribution in [-0.4, -0.2) is 63.5 Å². The molecule has 2 aromatic carbocycles. The minimum atomic E-state index is -1.30. The number of carboxylic acid groups (broad SMARTS) is 1. The molecular formula is C26H23F2N5O6. The van der Waals surface area contributed by atoms with Crippen molar-refractivity contribution in [1.82, 2.24) is 9.88 Å². The van der Waals surface area contributed by atoms with Crippen LogP contribution in [0.4, 0.5) is 8.78 Å². The third-order valence-corrected chi connectivity index (χ3v) is 6.25. The van der Waals surface area contributed by atoms with E-state index in [0.717, 1.165) is 0 Å². The predicted molar refractivity (Wildman–Crippen MR) is 134 cm³/mol. The molecule has 1 fully saturated rings. The summed E-state index contributed by atoms with van der Waals surface area (Å²) in [6.07, 6.45) is 1.41. The number of hydrogen-bond donors (Lipinski definition) is 4. The summed E-state index contributed by atoms with van der Waals surface area (Å²) in [5.41, 5.74) is 4.69. The number of nitrogen functional groups attached to an aromatic ring is 1. The van der Waals surface area contributed by atoms with Gasteiger partial charge in [0, 0.05) is 32.0 Å². The van der Waals surface area contributed by atoms with E-state index < -0.39 is 34.8 Å². The van der Waals surface area contributed by atoms with Gasteiger partial charge in [0.15, 0.2) is 17.3 Å². The molecule has 1 aliphatic heterocycles. The van der Waals surface area contributed by atoms with E-state index in [1.165, 1.54) is 36.4 Å². The Kier molecular flexibility index (Phi) is 6.42. The van der Waals surface area contributed by atoms with Crippen LogP contribution in [-0.2, 0) is 4.79 Å². The second-order valence-electron chi connectivity index (χ2n) is 9.04.